The number of hydrogen-bond donors (Lipinski definition) is 3. The van der Waals surface area contributed by atoms with Crippen LogP contribution in [0.5, 0.6) is 0 Å². The SMILES string of the molecule is CN=C(NCC1CCCC1O)NCC1CCCOC1C(C)(C)C.I. The summed E-state index contributed by atoms with van der Waals surface area (Å²) < 4.78 is 6.04. The molecule has 0 spiro atoms. The number of aliphatic hydroxyl groups excluding tert-OH is 1. The van der Waals surface area contributed by atoms with E-state index in [0.29, 0.717) is 17.9 Å². The Balaban J connectivity index is 0.00000288. The molecule has 5 nitrogen and oxygen atoms in total. The average molecular weight is 453 g/mol. The predicted molar refractivity (Wildman–Crippen MR) is 110 cm³/mol. The lowest BCUT2D eigenvalue weighted by Crippen LogP contribution is -2.48. The van der Waals surface area contributed by atoms with Crippen LogP contribution in [-0.4, -0.2) is 50.0 Å². The number of aliphatic hydroxyl groups is 1. The Morgan fingerprint density at radius 2 is 1.71 bits per heavy atom. The number of guanidine groups is 1. The molecule has 0 aromatic heterocycles. The lowest BCUT2D eigenvalue weighted by Gasteiger charge is -2.40. The largest absolute Gasteiger partial charge is 0.393 e. The van der Waals surface area contributed by atoms with Gasteiger partial charge < -0.3 is 20.5 Å². The Labute approximate surface area is 164 Å². The maximum absolute atomic E-state index is 9.92. The van der Waals surface area contributed by atoms with Gasteiger partial charge in [0.1, 0.15) is 0 Å². The topological polar surface area (TPSA) is 65.9 Å². The fourth-order valence-electron chi connectivity index (χ4n) is 3.94. The van der Waals surface area contributed by atoms with E-state index < -0.39 is 0 Å². The molecule has 2 fully saturated rings. The molecule has 1 heterocycles. The van der Waals surface area contributed by atoms with Crippen molar-refractivity contribution in [2.24, 2.45) is 22.2 Å². The molecule has 3 N–H and O–H groups in total. The van der Waals surface area contributed by atoms with Gasteiger partial charge in [0.25, 0.3) is 0 Å². The molecule has 4 unspecified atom stereocenters. The molecule has 0 aromatic rings. The molecule has 6 heteroatoms. The zero-order valence-corrected chi connectivity index (χ0v) is 18.0. The van der Waals surface area contributed by atoms with Gasteiger partial charge >= 0.3 is 0 Å². The van der Waals surface area contributed by atoms with E-state index in [1.807, 2.05) is 0 Å². The standard InChI is InChI=1S/C18H35N3O2.HI/c1-18(2,3)16-14(8-6-10-23-16)12-21-17(19-4)20-11-13-7-5-9-15(13)22;/h13-16,22H,5-12H2,1-4H3,(H2,19,20,21);1H. The molecule has 24 heavy (non-hydrogen) atoms. The second kappa shape index (κ2) is 10.2. The molecule has 0 aromatic carbocycles. The minimum absolute atomic E-state index is 0. The average Bonchev–Trinajstić information content (AvgIpc) is 2.92. The highest BCUT2D eigenvalue weighted by atomic mass is 127. The van der Waals surface area contributed by atoms with Crippen LogP contribution in [0.2, 0.25) is 0 Å². The Kier molecular flexibility index (Phi) is 9.30. The summed E-state index contributed by atoms with van der Waals surface area (Å²) in [6, 6.07) is 0. The van der Waals surface area contributed by atoms with Gasteiger partial charge in [0, 0.05) is 38.6 Å². The van der Waals surface area contributed by atoms with Crippen LogP contribution in [0.25, 0.3) is 0 Å². The first-order chi connectivity index (χ1) is 10.9. The number of rotatable bonds is 4. The molecule has 1 aliphatic carbocycles. The first kappa shape index (κ1) is 22.0. The minimum Gasteiger partial charge on any atom is -0.393 e. The second-order valence-corrected chi connectivity index (χ2v) is 8.15. The third-order valence-corrected chi connectivity index (χ3v) is 5.20. The fraction of sp³-hybridized carbons (Fsp3) is 0.944. The zero-order chi connectivity index (χ0) is 16.9. The highest BCUT2D eigenvalue weighted by Gasteiger charge is 2.35. The van der Waals surface area contributed by atoms with Gasteiger partial charge in [-0.05, 0) is 31.1 Å². The molecule has 2 aliphatic rings. The summed E-state index contributed by atoms with van der Waals surface area (Å²) in [5.74, 6) is 1.70. The highest BCUT2D eigenvalue weighted by Crippen LogP contribution is 2.33. The Morgan fingerprint density at radius 3 is 2.25 bits per heavy atom. The van der Waals surface area contributed by atoms with Crippen LogP contribution in [0.4, 0.5) is 0 Å². The van der Waals surface area contributed by atoms with Crippen molar-refractivity contribution < 1.29 is 9.84 Å². The molecule has 1 saturated carbocycles. The van der Waals surface area contributed by atoms with Gasteiger partial charge in [0.05, 0.1) is 12.2 Å². The second-order valence-electron chi connectivity index (χ2n) is 8.15. The van der Waals surface area contributed by atoms with Crippen molar-refractivity contribution in [3.8, 4) is 0 Å². The number of hydrogen-bond acceptors (Lipinski definition) is 3. The summed E-state index contributed by atoms with van der Waals surface area (Å²) in [5, 5.41) is 16.7. The van der Waals surface area contributed by atoms with Crippen molar-refractivity contribution in [1.82, 2.24) is 10.6 Å². The van der Waals surface area contributed by atoms with Gasteiger partial charge in [0.2, 0.25) is 0 Å². The molecule has 0 amide bonds. The first-order valence-electron chi connectivity index (χ1n) is 9.16. The van der Waals surface area contributed by atoms with Gasteiger partial charge in [-0.2, -0.15) is 0 Å². The van der Waals surface area contributed by atoms with Gasteiger partial charge in [-0.3, -0.25) is 4.99 Å². The van der Waals surface area contributed by atoms with Gasteiger partial charge in [-0.15, -0.1) is 24.0 Å². The van der Waals surface area contributed by atoms with E-state index in [0.717, 1.165) is 51.3 Å². The van der Waals surface area contributed by atoms with Crippen LogP contribution in [0.1, 0.15) is 52.9 Å². The van der Waals surface area contributed by atoms with Crippen LogP contribution in [0.15, 0.2) is 4.99 Å². The van der Waals surface area contributed by atoms with Gasteiger partial charge in [0.15, 0.2) is 5.96 Å². The summed E-state index contributed by atoms with van der Waals surface area (Å²) in [6.45, 7) is 9.32. The number of nitrogens with one attached hydrogen (secondary N) is 2. The van der Waals surface area contributed by atoms with Crippen molar-refractivity contribution in [3.63, 3.8) is 0 Å². The predicted octanol–water partition coefficient (Wildman–Crippen LogP) is 2.77. The van der Waals surface area contributed by atoms with Crippen LogP contribution in [-0.2, 0) is 4.74 Å². The fourth-order valence-corrected chi connectivity index (χ4v) is 3.94. The molecule has 1 aliphatic heterocycles. The lowest BCUT2D eigenvalue weighted by atomic mass is 9.78. The van der Waals surface area contributed by atoms with Gasteiger partial charge in [-0.25, -0.2) is 0 Å². The molecule has 0 bridgehead atoms. The molecule has 0 radical (unpaired) electrons. The van der Waals surface area contributed by atoms with Crippen molar-refractivity contribution in [1.29, 1.82) is 0 Å². The normalized spacial score (nSPS) is 31.5. The van der Waals surface area contributed by atoms with E-state index >= 15 is 0 Å². The minimum atomic E-state index is -0.155. The smallest absolute Gasteiger partial charge is 0.190 e. The summed E-state index contributed by atoms with van der Waals surface area (Å²) in [6.07, 6.45) is 5.65. The quantitative estimate of drug-likeness (QED) is 0.348. The molecule has 4 atom stereocenters. The number of ether oxygens (including phenoxy) is 1. The van der Waals surface area contributed by atoms with E-state index in [1.165, 1.54) is 6.42 Å². The third kappa shape index (κ3) is 6.33. The Morgan fingerprint density at radius 1 is 1.08 bits per heavy atom. The summed E-state index contributed by atoms with van der Waals surface area (Å²) in [5.41, 5.74) is 0.164. The summed E-state index contributed by atoms with van der Waals surface area (Å²) in [4.78, 5) is 4.32. The van der Waals surface area contributed by atoms with Crippen molar-refractivity contribution in [2.75, 3.05) is 26.7 Å². The molecule has 2 rings (SSSR count). The van der Waals surface area contributed by atoms with E-state index in [2.05, 4.69) is 36.4 Å². The summed E-state index contributed by atoms with van der Waals surface area (Å²) >= 11 is 0. The monoisotopic (exact) mass is 453 g/mol. The lowest BCUT2D eigenvalue weighted by molar-refractivity contribution is -0.0835. The van der Waals surface area contributed by atoms with E-state index in [4.69, 9.17) is 4.74 Å². The number of aliphatic imine (C=N–C) groups is 1. The van der Waals surface area contributed by atoms with Gasteiger partial charge in [-0.1, -0.05) is 27.2 Å². The van der Waals surface area contributed by atoms with Crippen LogP contribution >= 0.6 is 24.0 Å². The maximum atomic E-state index is 9.92. The number of nitrogens with zero attached hydrogens (tertiary/aromatic N) is 1. The highest BCUT2D eigenvalue weighted by molar-refractivity contribution is 14.0. The van der Waals surface area contributed by atoms with E-state index in [-0.39, 0.29) is 35.5 Å². The Bertz CT molecular complexity index is 398. The first-order valence-corrected chi connectivity index (χ1v) is 9.16. The van der Waals surface area contributed by atoms with Crippen LogP contribution in [0.3, 0.4) is 0 Å². The number of halogens is 1. The van der Waals surface area contributed by atoms with E-state index in [1.54, 1.807) is 7.05 Å². The van der Waals surface area contributed by atoms with E-state index in [9.17, 15) is 5.11 Å². The van der Waals surface area contributed by atoms with Crippen molar-refractivity contribution in [3.05, 3.63) is 0 Å². The van der Waals surface area contributed by atoms with Crippen molar-refractivity contribution in [2.45, 2.75) is 65.1 Å². The van der Waals surface area contributed by atoms with Crippen LogP contribution < -0.4 is 10.6 Å². The third-order valence-electron chi connectivity index (χ3n) is 5.20. The zero-order valence-electron chi connectivity index (χ0n) is 15.7. The summed E-state index contributed by atoms with van der Waals surface area (Å²) in [7, 11) is 1.80. The molecular weight excluding hydrogens is 417 g/mol. The molecule has 1 saturated heterocycles. The van der Waals surface area contributed by atoms with Crippen molar-refractivity contribution >= 4 is 29.9 Å². The maximum Gasteiger partial charge on any atom is 0.190 e. The van der Waals surface area contributed by atoms with Crippen LogP contribution in [0, 0.1) is 17.3 Å². The molecule has 142 valence electrons. The molecular formula is C18H36IN3O2. The Hall–Kier alpha value is -0.0800.